The van der Waals surface area contributed by atoms with E-state index in [4.69, 9.17) is 21.6 Å². The molecule has 3 aromatic heterocycles. The lowest BCUT2D eigenvalue weighted by molar-refractivity contribution is 0.586. The molecule has 1 aromatic carbocycles. The quantitative estimate of drug-likeness (QED) is 0.395. The van der Waals surface area contributed by atoms with Crippen molar-refractivity contribution in [1.29, 1.82) is 0 Å². The summed E-state index contributed by atoms with van der Waals surface area (Å²) in [7, 11) is -0.923. The second-order valence-corrected chi connectivity index (χ2v) is 11.6. The highest BCUT2D eigenvalue weighted by Crippen LogP contribution is 2.34. The number of aryl methyl sites for hydroxylation is 1. The molecule has 0 aliphatic carbocycles. The van der Waals surface area contributed by atoms with E-state index in [1.54, 1.807) is 11.3 Å². The minimum absolute atomic E-state index is 0.189. The number of benzene rings is 1. The average molecular weight is 502 g/mol. The van der Waals surface area contributed by atoms with Crippen LogP contribution in [0.3, 0.4) is 0 Å². The molecule has 0 amide bonds. The molecule has 0 bridgehead atoms. The molecule has 33 heavy (non-hydrogen) atoms. The Morgan fingerprint density at radius 1 is 1.09 bits per heavy atom. The van der Waals surface area contributed by atoms with Crippen LogP contribution in [-0.2, 0) is 16.3 Å². The van der Waals surface area contributed by atoms with Gasteiger partial charge in [-0.25, -0.2) is 18.4 Å². The highest BCUT2D eigenvalue weighted by Gasteiger charge is 2.24. The Kier molecular flexibility index (Phi) is 5.80. The zero-order valence-electron chi connectivity index (χ0n) is 18.4. The molecular weight excluding hydrogens is 478 g/mol. The number of thiazole rings is 1. The summed E-state index contributed by atoms with van der Waals surface area (Å²) >= 11 is 7.60. The Bertz CT molecular complexity index is 1400. The van der Waals surface area contributed by atoms with Gasteiger partial charge in [0.05, 0.1) is 28.6 Å². The molecule has 0 unspecified atom stereocenters. The number of hydrogen-bond donors (Lipinski definition) is 0. The number of nitrogens with zero attached hydrogens (tertiary/aromatic N) is 5. The molecule has 1 fully saturated rings. The Balaban J connectivity index is 1.51. The van der Waals surface area contributed by atoms with Crippen molar-refractivity contribution in [3.8, 4) is 11.3 Å². The standard InChI is InChI=1S/C23H24ClN5O2S2/c1-3-19-22(27(2)23-26-20(15-32-23)16-4-6-17(24)7-5-16)29-14-18(8-9-21(29)25-19)28-10-12-33(30,31)13-11-28/h4-9,14-15H,3,10-13H2,1-2H3. The van der Waals surface area contributed by atoms with Gasteiger partial charge < -0.3 is 9.80 Å². The van der Waals surface area contributed by atoms with E-state index in [1.165, 1.54) is 0 Å². The van der Waals surface area contributed by atoms with Crippen molar-refractivity contribution >= 4 is 55.1 Å². The molecule has 0 spiro atoms. The second-order valence-electron chi connectivity index (χ2n) is 8.07. The predicted octanol–water partition coefficient (Wildman–Crippen LogP) is 4.68. The zero-order valence-corrected chi connectivity index (χ0v) is 20.8. The molecule has 1 saturated heterocycles. The maximum absolute atomic E-state index is 11.8. The fourth-order valence-corrected chi connectivity index (χ4v) is 6.21. The van der Waals surface area contributed by atoms with Crippen molar-refractivity contribution < 1.29 is 8.42 Å². The van der Waals surface area contributed by atoms with Gasteiger partial charge in [-0.1, -0.05) is 30.7 Å². The van der Waals surface area contributed by atoms with E-state index in [-0.39, 0.29) is 11.5 Å². The monoisotopic (exact) mass is 501 g/mol. The van der Waals surface area contributed by atoms with Crippen molar-refractivity contribution in [2.75, 3.05) is 41.4 Å². The van der Waals surface area contributed by atoms with Crippen LogP contribution in [0.15, 0.2) is 48.0 Å². The van der Waals surface area contributed by atoms with Crippen LogP contribution in [0.5, 0.6) is 0 Å². The normalized spacial score (nSPS) is 15.8. The van der Waals surface area contributed by atoms with Crippen LogP contribution in [0.4, 0.5) is 16.6 Å². The van der Waals surface area contributed by atoms with Crippen LogP contribution in [0.1, 0.15) is 12.6 Å². The summed E-state index contributed by atoms with van der Waals surface area (Å²) < 4.78 is 25.8. The van der Waals surface area contributed by atoms with Crippen LogP contribution in [0.25, 0.3) is 16.9 Å². The minimum Gasteiger partial charge on any atom is -0.368 e. The average Bonchev–Trinajstić information content (AvgIpc) is 3.44. The molecule has 10 heteroatoms. The lowest BCUT2D eigenvalue weighted by atomic mass is 10.2. The fourth-order valence-electron chi connectivity index (χ4n) is 4.08. The SMILES string of the molecule is CCc1nc2ccc(N3CCS(=O)(=O)CC3)cn2c1N(C)c1nc(-c2ccc(Cl)cc2)cs1. The first-order valence-electron chi connectivity index (χ1n) is 10.8. The molecular formula is C23H24ClN5O2S2. The summed E-state index contributed by atoms with van der Waals surface area (Å²) in [6.07, 6.45) is 2.84. The summed E-state index contributed by atoms with van der Waals surface area (Å²) in [4.78, 5) is 13.9. The third-order valence-corrected chi connectivity index (χ3v) is 8.71. The largest absolute Gasteiger partial charge is 0.368 e. The van der Waals surface area contributed by atoms with Crippen LogP contribution in [0, 0.1) is 0 Å². The molecule has 0 N–H and O–H groups in total. The topological polar surface area (TPSA) is 70.8 Å². The number of hydrogen-bond acceptors (Lipinski definition) is 7. The first kappa shape index (κ1) is 22.2. The van der Waals surface area contributed by atoms with Gasteiger partial charge in [0.25, 0.3) is 0 Å². The number of sulfone groups is 1. The summed E-state index contributed by atoms with van der Waals surface area (Å²) in [6.45, 7) is 3.10. The first-order chi connectivity index (χ1) is 15.8. The Morgan fingerprint density at radius 3 is 2.52 bits per heavy atom. The van der Waals surface area contributed by atoms with E-state index in [0.717, 1.165) is 45.7 Å². The van der Waals surface area contributed by atoms with Crippen molar-refractivity contribution in [3.05, 3.63) is 58.7 Å². The van der Waals surface area contributed by atoms with Crippen molar-refractivity contribution in [1.82, 2.24) is 14.4 Å². The first-order valence-corrected chi connectivity index (χ1v) is 13.8. The molecule has 0 atom stereocenters. The lowest BCUT2D eigenvalue weighted by Gasteiger charge is -2.29. The molecule has 5 rings (SSSR count). The van der Waals surface area contributed by atoms with Gasteiger partial charge in [-0.15, -0.1) is 11.3 Å². The maximum Gasteiger partial charge on any atom is 0.191 e. The van der Waals surface area contributed by atoms with Gasteiger partial charge in [0.15, 0.2) is 15.0 Å². The number of fused-ring (bicyclic) bond motifs is 1. The summed E-state index contributed by atoms with van der Waals surface area (Å²) in [5, 5.41) is 3.61. The van der Waals surface area contributed by atoms with E-state index in [1.807, 2.05) is 48.8 Å². The van der Waals surface area contributed by atoms with Crippen LogP contribution in [0.2, 0.25) is 5.02 Å². The van der Waals surface area contributed by atoms with Crippen LogP contribution < -0.4 is 9.80 Å². The Labute approximate surface area is 202 Å². The van der Waals surface area contributed by atoms with Gasteiger partial charge in [0.1, 0.15) is 11.5 Å². The number of anilines is 3. The minimum atomic E-state index is -2.93. The van der Waals surface area contributed by atoms with E-state index in [9.17, 15) is 8.42 Å². The Morgan fingerprint density at radius 2 is 1.82 bits per heavy atom. The van der Waals surface area contributed by atoms with Gasteiger partial charge in [0, 0.05) is 42.3 Å². The smallest absolute Gasteiger partial charge is 0.191 e. The molecule has 0 radical (unpaired) electrons. The number of aromatic nitrogens is 3. The zero-order chi connectivity index (χ0) is 23.2. The number of halogens is 1. The van der Waals surface area contributed by atoms with Crippen molar-refractivity contribution in [3.63, 3.8) is 0 Å². The number of rotatable bonds is 5. The molecule has 0 saturated carbocycles. The van der Waals surface area contributed by atoms with E-state index < -0.39 is 9.84 Å². The molecule has 1 aliphatic heterocycles. The molecule has 4 aromatic rings. The van der Waals surface area contributed by atoms with E-state index in [2.05, 4.69) is 27.3 Å². The van der Waals surface area contributed by atoms with E-state index in [0.29, 0.717) is 18.1 Å². The van der Waals surface area contributed by atoms with Gasteiger partial charge in [0.2, 0.25) is 0 Å². The van der Waals surface area contributed by atoms with Gasteiger partial charge in [-0.2, -0.15) is 0 Å². The summed E-state index contributed by atoms with van der Waals surface area (Å²) in [5.41, 5.74) is 4.76. The second kappa shape index (κ2) is 8.62. The van der Waals surface area contributed by atoms with E-state index >= 15 is 0 Å². The molecule has 4 heterocycles. The van der Waals surface area contributed by atoms with Crippen molar-refractivity contribution in [2.24, 2.45) is 0 Å². The van der Waals surface area contributed by atoms with Crippen LogP contribution in [-0.4, -0.2) is 54.4 Å². The van der Waals surface area contributed by atoms with Gasteiger partial charge in [-0.05, 0) is 30.7 Å². The molecule has 172 valence electrons. The summed E-state index contributed by atoms with van der Waals surface area (Å²) in [6, 6.07) is 11.7. The third kappa shape index (κ3) is 4.32. The summed E-state index contributed by atoms with van der Waals surface area (Å²) in [5.74, 6) is 1.35. The Hall–Kier alpha value is -2.62. The molecule has 7 nitrogen and oxygen atoms in total. The van der Waals surface area contributed by atoms with Gasteiger partial charge >= 0.3 is 0 Å². The number of imidazole rings is 1. The van der Waals surface area contributed by atoms with Gasteiger partial charge in [-0.3, -0.25) is 4.40 Å². The fraction of sp³-hybridized carbons (Fsp3) is 0.304. The highest BCUT2D eigenvalue weighted by atomic mass is 35.5. The lowest BCUT2D eigenvalue weighted by Crippen LogP contribution is -2.40. The highest BCUT2D eigenvalue weighted by molar-refractivity contribution is 7.91. The predicted molar refractivity (Wildman–Crippen MR) is 136 cm³/mol. The van der Waals surface area contributed by atoms with Crippen LogP contribution >= 0.6 is 22.9 Å². The van der Waals surface area contributed by atoms with Crippen molar-refractivity contribution in [2.45, 2.75) is 13.3 Å². The third-order valence-electron chi connectivity index (χ3n) is 5.93. The maximum atomic E-state index is 11.8. The molecule has 1 aliphatic rings. The number of pyridine rings is 1.